The average Bonchev–Trinajstić information content (AvgIpc) is 3.66. The lowest BCUT2D eigenvalue weighted by Gasteiger charge is -2.48. The van der Waals surface area contributed by atoms with E-state index in [1.165, 1.54) is 0 Å². The molecular formula is C48H47Cl3N4O15. The van der Waals surface area contributed by atoms with E-state index < -0.39 is 102 Å². The molecule has 2 aliphatic heterocycles. The highest BCUT2D eigenvalue weighted by Gasteiger charge is 2.58. The van der Waals surface area contributed by atoms with Crippen LogP contribution in [0.5, 0.6) is 0 Å². The zero-order chi connectivity index (χ0) is 50.0. The first-order valence-corrected chi connectivity index (χ1v) is 22.8. The van der Waals surface area contributed by atoms with Crippen LogP contribution in [0.1, 0.15) is 42.0 Å². The maximum Gasteiger partial charge on any atom is 0.508 e. The van der Waals surface area contributed by atoms with Crippen LogP contribution in [-0.2, 0) is 79.7 Å². The fraction of sp³-hybridized carbons (Fsp3) is 0.396. The SMILES string of the molecule is COC(=O)[C@@H]1O[C@@H](O[C@H]2[C@H](OCc3ccccc3)[C@@H](N=[N+]=[N-])C(OC(=N)C(Cl)(Cl)Cl)O[C@@H]2COC(C)=O)[C@H](OC(C)=O)[C@@H](OCc2ccccc2)[C@@H]1OC(=O)OCC1c2ccccc2-c2ccccc21. The summed E-state index contributed by atoms with van der Waals surface area (Å²) in [5.74, 6) is -4.00. The molecule has 1 N–H and O–H groups in total. The minimum Gasteiger partial charge on any atom is -0.467 e. The van der Waals surface area contributed by atoms with Crippen LogP contribution in [0.15, 0.2) is 114 Å². The van der Waals surface area contributed by atoms with Crippen LogP contribution in [0.3, 0.4) is 0 Å². The summed E-state index contributed by atoms with van der Waals surface area (Å²) in [6.07, 6.45) is -16.2. The van der Waals surface area contributed by atoms with E-state index in [0.29, 0.717) is 11.1 Å². The summed E-state index contributed by atoms with van der Waals surface area (Å²) in [7, 11) is 1.07. The number of hydrogen-bond donors (Lipinski definition) is 1. The van der Waals surface area contributed by atoms with Crippen LogP contribution in [0.4, 0.5) is 4.79 Å². The average molecular weight is 1030 g/mol. The van der Waals surface area contributed by atoms with E-state index in [0.717, 1.165) is 43.2 Å². The predicted molar refractivity (Wildman–Crippen MR) is 248 cm³/mol. The van der Waals surface area contributed by atoms with Gasteiger partial charge in [0.05, 0.1) is 20.3 Å². The Balaban J connectivity index is 1.26. The standard InChI is InChI=1S/C48H47Cl3N4O15/c1-26(56)61-25-35-37(38(62-22-28-14-6-4-7-15-28)36(54-55-53)44(66-35)70-46(52)48(49,50)51)67-45-42(65-27(2)57)39(63-23-29-16-8-5-9-17-29)40(41(68-45)43(58)60-3)69-47(59)64-24-34-32-20-12-10-18-30(32)31-19-11-13-21-33(31)34/h4-21,34-42,44-45,52H,22-25H2,1-3H3/t35-,36-,37-,38-,39+,40+,41-,42-,44?,45-/m1/s1. The Morgan fingerprint density at radius 1 is 0.671 bits per heavy atom. The fourth-order valence-corrected chi connectivity index (χ4v) is 8.46. The van der Waals surface area contributed by atoms with Gasteiger partial charge in [0.1, 0.15) is 43.7 Å². The highest BCUT2D eigenvalue weighted by molar-refractivity contribution is 6.76. The molecule has 0 aromatic heterocycles. The molecule has 70 heavy (non-hydrogen) atoms. The molecule has 19 nitrogen and oxygen atoms in total. The third-order valence-electron chi connectivity index (χ3n) is 11.4. The van der Waals surface area contributed by atoms with Gasteiger partial charge < -0.3 is 52.1 Å². The first-order valence-electron chi connectivity index (χ1n) is 21.7. The number of carbonyl (C=O) groups is 4. The quantitative estimate of drug-likeness (QED) is 0.0154. The number of benzene rings is 4. The number of carbonyl (C=O) groups excluding carboxylic acids is 4. The van der Waals surface area contributed by atoms with Crippen LogP contribution in [0.2, 0.25) is 0 Å². The van der Waals surface area contributed by atoms with Crippen molar-refractivity contribution in [2.45, 2.75) is 98.1 Å². The molecule has 0 amide bonds. The predicted octanol–water partition coefficient (Wildman–Crippen LogP) is 8.04. The van der Waals surface area contributed by atoms with Gasteiger partial charge in [-0.3, -0.25) is 15.0 Å². The maximum absolute atomic E-state index is 14.0. The molecule has 0 radical (unpaired) electrons. The number of methoxy groups -OCH3 is 1. The molecule has 0 saturated carbocycles. The zero-order valence-electron chi connectivity index (χ0n) is 37.7. The van der Waals surface area contributed by atoms with Gasteiger partial charge in [0.25, 0.3) is 3.79 Å². The number of nitrogens with zero attached hydrogens (tertiary/aromatic N) is 3. The van der Waals surface area contributed by atoms with Gasteiger partial charge in [-0.2, -0.15) is 0 Å². The van der Waals surface area contributed by atoms with E-state index in [1.54, 1.807) is 60.7 Å². The number of alkyl halides is 3. The molecule has 2 fully saturated rings. The van der Waals surface area contributed by atoms with E-state index in [9.17, 15) is 24.7 Å². The molecule has 4 aromatic rings. The van der Waals surface area contributed by atoms with Gasteiger partial charge in [0, 0.05) is 24.7 Å². The number of esters is 3. The Bertz CT molecular complexity index is 2490. The summed E-state index contributed by atoms with van der Waals surface area (Å²) < 4.78 is 63.4. The van der Waals surface area contributed by atoms with Crippen LogP contribution < -0.4 is 0 Å². The van der Waals surface area contributed by atoms with E-state index >= 15 is 0 Å². The van der Waals surface area contributed by atoms with Crippen molar-refractivity contribution >= 4 is 64.8 Å². The Labute approximate surface area is 416 Å². The van der Waals surface area contributed by atoms with Gasteiger partial charge in [-0.15, -0.1) is 0 Å². The molecule has 2 saturated heterocycles. The lowest BCUT2D eigenvalue weighted by molar-refractivity contribution is -0.346. The number of azide groups is 1. The smallest absolute Gasteiger partial charge is 0.467 e. The highest BCUT2D eigenvalue weighted by Crippen LogP contribution is 2.45. The molecule has 7 rings (SSSR count). The topological polar surface area (TPSA) is 242 Å². The number of ether oxygens (including phenoxy) is 11. The Hall–Kier alpha value is -5.99. The normalized spacial score (nSPS) is 24.9. The number of fused-ring (bicyclic) bond motifs is 3. The van der Waals surface area contributed by atoms with Crippen molar-refractivity contribution in [3.05, 3.63) is 142 Å². The Morgan fingerprint density at radius 3 is 1.79 bits per heavy atom. The van der Waals surface area contributed by atoms with E-state index in [1.807, 2.05) is 48.5 Å². The van der Waals surface area contributed by atoms with Crippen molar-refractivity contribution in [2.24, 2.45) is 5.11 Å². The second-order valence-corrected chi connectivity index (χ2v) is 18.3. The van der Waals surface area contributed by atoms with Gasteiger partial charge in [0.15, 0.2) is 24.6 Å². The van der Waals surface area contributed by atoms with Gasteiger partial charge in [-0.05, 0) is 38.9 Å². The number of halogens is 3. The largest absolute Gasteiger partial charge is 0.508 e. The Morgan fingerprint density at radius 2 is 1.24 bits per heavy atom. The monoisotopic (exact) mass is 1020 g/mol. The molecular weight excluding hydrogens is 979 g/mol. The van der Waals surface area contributed by atoms with Gasteiger partial charge >= 0.3 is 24.1 Å². The Kier molecular flexibility index (Phi) is 17.6. The lowest BCUT2D eigenvalue weighted by Crippen LogP contribution is -2.67. The summed E-state index contributed by atoms with van der Waals surface area (Å²) in [5.41, 5.74) is 15.0. The van der Waals surface area contributed by atoms with Gasteiger partial charge in [-0.25, -0.2) is 9.59 Å². The van der Waals surface area contributed by atoms with E-state index in [-0.39, 0.29) is 25.7 Å². The zero-order valence-corrected chi connectivity index (χ0v) is 39.9. The van der Waals surface area contributed by atoms with Crippen molar-refractivity contribution in [3.8, 4) is 11.1 Å². The summed E-state index contributed by atoms with van der Waals surface area (Å²) >= 11 is 17.9. The molecule has 0 bridgehead atoms. The van der Waals surface area contributed by atoms with Gasteiger partial charge in [0.2, 0.25) is 12.2 Å². The third kappa shape index (κ3) is 12.7. The van der Waals surface area contributed by atoms with Crippen LogP contribution in [-0.4, -0.2) is 115 Å². The van der Waals surface area contributed by atoms with Crippen molar-refractivity contribution in [2.75, 3.05) is 20.3 Å². The molecule has 10 atom stereocenters. The molecule has 4 aromatic carbocycles. The van der Waals surface area contributed by atoms with Crippen LogP contribution in [0.25, 0.3) is 21.6 Å². The first kappa shape index (κ1) is 51.8. The van der Waals surface area contributed by atoms with Crippen molar-refractivity contribution in [1.29, 1.82) is 5.41 Å². The third-order valence-corrected chi connectivity index (χ3v) is 11.9. The second kappa shape index (κ2) is 23.7. The van der Waals surface area contributed by atoms with Crippen molar-refractivity contribution in [3.63, 3.8) is 0 Å². The van der Waals surface area contributed by atoms with E-state index in [4.69, 9.17) is 92.3 Å². The number of hydrogen-bond acceptors (Lipinski definition) is 17. The summed E-state index contributed by atoms with van der Waals surface area (Å²) in [6.45, 7) is 1.11. The first-order chi connectivity index (χ1) is 33.7. The molecule has 0 spiro atoms. The maximum atomic E-state index is 14.0. The minimum atomic E-state index is -2.41. The molecule has 3 aliphatic rings. The second-order valence-electron chi connectivity index (χ2n) is 16.0. The summed E-state index contributed by atoms with van der Waals surface area (Å²) in [4.78, 5) is 56.2. The molecule has 1 aliphatic carbocycles. The highest BCUT2D eigenvalue weighted by atomic mass is 35.6. The molecule has 1 unspecified atom stereocenters. The van der Waals surface area contributed by atoms with E-state index in [2.05, 4.69) is 10.0 Å². The van der Waals surface area contributed by atoms with Crippen molar-refractivity contribution in [1.82, 2.24) is 0 Å². The lowest BCUT2D eigenvalue weighted by atomic mass is 9.95. The van der Waals surface area contributed by atoms with Crippen LogP contribution in [0, 0.1) is 5.41 Å². The van der Waals surface area contributed by atoms with Crippen LogP contribution >= 0.6 is 34.8 Å². The summed E-state index contributed by atoms with van der Waals surface area (Å²) in [6, 6.07) is 31.4. The fourth-order valence-electron chi connectivity index (χ4n) is 8.33. The molecule has 370 valence electrons. The number of rotatable bonds is 17. The minimum absolute atomic E-state index is 0.161. The summed E-state index contributed by atoms with van der Waals surface area (Å²) in [5, 5.41) is 12.2. The molecule has 22 heteroatoms. The molecule has 2 heterocycles. The van der Waals surface area contributed by atoms with Crippen molar-refractivity contribution < 1.29 is 71.3 Å². The number of nitrogens with one attached hydrogen (secondary N) is 1. The van der Waals surface area contributed by atoms with Gasteiger partial charge in [-0.1, -0.05) is 149 Å².